The van der Waals surface area contributed by atoms with Gasteiger partial charge < -0.3 is 4.74 Å². The Morgan fingerprint density at radius 3 is 2.03 bits per heavy atom. The molecule has 0 bridgehead atoms. The first-order chi connectivity index (χ1) is 16.8. The maximum absolute atomic E-state index is 13.9. The largest absolute Gasteiger partial charge is 0.349 e. The number of benzene rings is 3. The van der Waals surface area contributed by atoms with E-state index in [0.717, 1.165) is 20.5 Å². The van der Waals surface area contributed by atoms with E-state index in [1.54, 1.807) is 60.7 Å². The molecule has 2 heterocycles. The number of carbonyl (C=O) groups excluding carboxylic acids is 4. The van der Waals surface area contributed by atoms with E-state index in [-0.39, 0.29) is 11.1 Å². The Kier molecular flexibility index (Phi) is 4.75. The molecule has 3 aromatic carbocycles. The quantitative estimate of drug-likeness (QED) is 0.353. The molecule has 2 amide bonds. The van der Waals surface area contributed by atoms with Crippen LogP contribution in [0.3, 0.4) is 0 Å². The first kappa shape index (κ1) is 22.1. The van der Waals surface area contributed by atoms with Crippen molar-refractivity contribution in [1.82, 2.24) is 0 Å². The minimum Gasteiger partial charge on any atom is -0.349 e. The number of imide groups is 1. The molecule has 0 radical (unpaired) electrons. The summed E-state index contributed by atoms with van der Waals surface area (Å²) in [7, 11) is 0. The van der Waals surface area contributed by atoms with Gasteiger partial charge in [0.1, 0.15) is 0 Å². The Balaban J connectivity index is 1.54. The molecule has 6 nitrogen and oxygen atoms in total. The second-order valence-corrected chi connectivity index (χ2v) is 10.2. The van der Waals surface area contributed by atoms with Gasteiger partial charge >= 0.3 is 0 Å². The van der Waals surface area contributed by atoms with Gasteiger partial charge in [-0.05, 0) is 54.8 Å². The number of hydrogen-bond donors (Lipinski definition) is 0. The summed E-state index contributed by atoms with van der Waals surface area (Å²) in [4.78, 5) is 56.5. The second kappa shape index (κ2) is 7.54. The number of halogens is 1. The van der Waals surface area contributed by atoms with Gasteiger partial charge in [0.2, 0.25) is 29.0 Å². The summed E-state index contributed by atoms with van der Waals surface area (Å²) in [6, 6.07) is 19.0. The predicted molar refractivity (Wildman–Crippen MR) is 131 cm³/mol. The van der Waals surface area contributed by atoms with Crippen molar-refractivity contribution in [2.24, 2.45) is 11.8 Å². The summed E-state index contributed by atoms with van der Waals surface area (Å²) in [5.74, 6) is -4.43. The molecule has 0 saturated carbocycles. The Hall–Kier alpha value is -3.42. The normalized spacial score (nSPS) is 24.4. The SMILES string of the molecule is Cc1ccc(N2C(=O)[C@H]3[C@@H](c4ccc(Br)cc4)OC4(C(=O)c5ccccc5C4=O)[C@@H]3C2=O)cc1C. The molecule has 35 heavy (non-hydrogen) atoms. The van der Waals surface area contributed by atoms with Crippen LogP contribution < -0.4 is 4.90 Å². The smallest absolute Gasteiger partial charge is 0.241 e. The van der Waals surface area contributed by atoms with Crippen LogP contribution in [0.25, 0.3) is 0 Å². The lowest BCUT2D eigenvalue weighted by Crippen LogP contribution is -2.51. The molecule has 174 valence electrons. The lowest BCUT2D eigenvalue weighted by atomic mass is 9.77. The molecule has 6 rings (SSSR count). The van der Waals surface area contributed by atoms with E-state index in [0.29, 0.717) is 11.3 Å². The molecule has 3 aromatic rings. The molecule has 7 heteroatoms. The molecule has 0 unspecified atom stereocenters. The monoisotopic (exact) mass is 529 g/mol. The van der Waals surface area contributed by atoms with E-state index < -0.39 is 46.9 Å². The Morgan fingerprint density at radius 1 is 0.800 bits per heavy atom. The number of ether oxygens (including phenoxy) is 1. The lowest BCUT2D eigenvalue weighted by Gasteiger charge is -2.27. The molecule has 2 aliphatic heterocycles. The number of Topliss-reactive ketones (excluding diaryl/α,β-unsaturated/α-hetero) is 2. The number of anilines is 1. The molecule has 2 saturated heterocycles. The van der Waals surface area contributed by atoms with Crippen molar-refractivity contribution in [2.45, 2.75) is 25.6 Å². The van der Waals surface area contributed by atoms with Gasteiger partial charge in [0, 0.05) is 15.6 Å². The standard InChI is InChI=1S/C28H20BrNO5/c1-14-7-12-18(13-15(14)2)30-26(33)21-22(27(30)34)28(35-23(21)16-8-10-17(29)11-9-16)24(31)19-5-3-4-6-20(19)25(28)32/h3-13,21-23H,1-2H3/t21-,22+,23-/m1/s1. The van der Waals surface area contributed by atoms with Gasteiger partial charge in [-0.2, -0.15) is 0 Å². The summed E-state index contributed by atoms with van der Waals surface area (Å²) in [5.41, 5.74) is 1.38. The van der Waals surface area contributed by atoms with E-state index in [1.807, 2.05) is 19.9 Å². The Bertz CT molecular complexity index is 1430. The van der Waals surface area contributed by atoms with Crippen LogP contribution >= 0.6 is 15.9 Å². The van der Waals surface area contributed by atoms with Crippen molar-refractivity contribution < 1.29 is 23.9 Å². The number of fused-ring (bicyclic) bond motifs is 3. The van der Waals surface area contributed by atoms with Crippen LogP contribution in [0, 0.1) is 25.7 Å². The Labute approximate surface area is 210 Å². The van der Waals surface area contributed by atoms with Gasteiger partial charge in [-0.3, -0.25) is 19.2 Å². The van der Waals surface area contributed by atoms with E-state index in [4.69, 9.17) is 4.74 Å². The van der Waals surface area contributed by atoms with E-state index in [1.165, 1.54) is 0 Å². The summed E-state index contributed by atoms with van der Waals surface area (Å²) >= 11 is 3.40. The molecule has 3 atom stereocenters. The van der Waals surface area contributed by atoms with Crippen molar-refractivity contribution in [3.05, 3.63) is 99.0 Å². The molecule has 3 aliphatic rings. The molecular formula is C28H20BrNO5. The van der Waals surface area contributed by atoms with E-state index in [2.05, 4.69) is 15.9 Å². The third-order valence-corrected chi connectivity index (χ3v) is 7.99. The van der Waals surface area contributed by atoms with Gasteiger partial charge in [0.25, 0.3) is 0 Å². The average molecular weight is 530 g/mol. The van der Waals surface area contributed by atoms with Crippen LogP contribution in [-0.4, -0.2) is 29.0 Å². The minimum atomic E-state index is -2.06. The van der Waals surface area contributed by atoms with Crippen molar-refractivity contribution >= 4 is 45.0 Å². The zero-order chi connectivity index (χ0) is 24.6. The number of rotatable bonds is 2. The Morgan fingerprint density at radius 2 is 1.43 bits per heavy atom. The number of hydrogen-bond acceptors (Lipinski definition) is 5. The van der Waals surface area contributed by atoms with Gasteiger partial charge in [-0.25, -0.2) is 4.90 Å². The highest BCUT2D eigenvalue weighted by Gasteiger charge is 2.74. The minimum absolute atomic E-state index is 0.220. The van der Waals surface area contributed by atoms with Gasteiger partial charge in [0.05, 0.1) is 23.6 Å². The highest BCUT2D eigenvalue weighted by Crippen LogP contribution is 2.57. The number of ketones is 2. The summed E-state index contributed by atoms with van der Waals surface area (Å²) in [5, 5.41) is 0. The number of aryl methyl sites for hydroxylation is 2. The fraction of sp³-hybridized carbons (Fsp3) is 0.214. The van der Waals surface area contributed by atoms with E-state index in [9.17, 15) is 19.2 Å². The highest BCUT2D eigenvalue weighted by molar-refractivity contribution is 9.10. The van der Waals surface area contributed by atoms with Crippen molar-refractivity contribution in [1.29, 1.82) is 0 Å². The molecule has 0 N–H and O–H groups in total. The average Bonchev–Trinajstić information content (AvgIpc) is 3.41. The van der Waals surface area contributed by atoms with Crippen LogP contribution in [-0.2, 0) is 14.3 Å². The van der Waals surface area contributed by atoms with Crippen molar-refractivity contribution in [3.8, 4) is 0 Å². The van der Waals surface area contributed by atoms with Crippen molar-refractivity contribution in [3.63, 3.8) is 0 Å². The molecular weight excluding hydrogens is 510 g/mol. The topological polar surface area (TPSA) is 80.8 Å². The molecule has 1 spiro atoms. The predicted octanol–water partition coefficient (Wildman–Crippen LogP) is 4.76. The third-order valence-electron chi connectivity index (χ3n) is 7.47. The van der Waals surface area contributed by atoms with Crippen LogP contribution in [0.15, 0.2) is 71.2 Å². The highest BCUT2D eigenvalue weighted by atomic mass is 79.9. The number of amides is 2. The first-order valence-corrected chi connectivity index (χ1v) is 12.1. The fourth-order valence-corrected chi connectivity index (χ4v) is 5.85. The zero-order valence-corrected chi connectivity index (χ0v) is 20.5. The molecule has 1 aliphatic carbocycles. The maximum atomic E-state index is 13.9. The van der Waals surface area contributed by atoms with Crippen LogP contribution in [0.5, 0.6) is 0 Å². The first-order valence-electron chi connectivity index (χ1n) is 11.3. The number of carbonyl (C=O) groups is 4. The summed E-state index contributed by atoms with van der Waals surface area (Å²) < 4.78 is 7.13. The van der Waals surface area contributed by atoms with Crippen molar-refractivity contribution in [2.75, 3.05) is 4.90 Å². The fourth-order valence-electron chi connectivity index (χ4n) is 5.59. The van der Waals surface area contributed by atoms with Crippen LogP contribution in [0.1, 0.15) is 43.5 Å². The third kappa shape index (κ3) is 2.85. The van der Waals surface area contributed by atoms with Gasteiger partial charge in [-0.15, -0.1) is 0 Å². The number of nitrogens with zero attached hydrogens (tertiary/aromatic N) is 1. The maximum Gasteiger partial charge on any atom is 0.241 e. The van der Waals surface area contributed by atoms with E-state index >= 15 is 0 Å². The van der Waals surface area contributed by atoms with Crippen LogP contribution in [0.2, 0.25) is 0 Å². The molecule has 0 aromatic heterocycles. The molecule has 2 fully saturated rings. The lowest BCUT2D eigenvalue weighted by molar-refractivity contribution is -0.127. The summed E-state index contributed by atoms with van der Waals surface area (Å²) in [6.07, 6.45) is -0.927. The van der Waals surface area contributed by atoms with Gasteiger partial charge in [0.15, 0.2) is 0 Å². The summed E-state index contributed by atoms with van der Waals surface area (Å²) in [6.45, 7) is 3.85. The van der Waals surface area contributed by atoms with Crippen LogP contribution in [0.4, 0.5) is 5.69 Å². The van der Waals surface area contributed by atoms with Gasteiger partial charge in [-0.1, -0.05) is 58.4 Å². The second-order valence-electron chi connectivity index (χ2n) is 9.31. The zero-order valence-electron chi connectivity index (χ0n) is 18.9.